The molecule has 0 bridgehead atoms. The smallest absolute Gasteiger partial charge is 0.211 e. The number of sulfonamides is 1. The second-order valence-electron chi connectivity index (χ2n) is 6.10. The molecule has 24 heavy (non-hydrogen) atoms. The molecule has 0 spiro atoms. The summed E-state index contributed by atoms with van der Waals surface area (Å²) in [6, 6.07) is 18.0. The number of hydrogen-bond acceptors (Lipinski definition) is 2. The van der Waals surface area contributed by atoms with Crippen molar-refractivity contribution < 1.29 is 8.42 Å². The van der Waals surface area contributed by atoms with Crippen molar-refractivity contribution in [1.82, 2.24) is 9.71 Å². The first-order valence-electron chi connectivity index (χ1n) is 8.11. The minimum absolute atomic E-state index is 0.146. The van der Waals surface area contributed by atoms with Gasteiger partial charge in [0.05, 0.1) is 5.75 Å². The first-order chi connectivity index (χ1) is 11.5. The SMILES string of the molecule is Cc1cc2cc(CNS(=O)(=O)CCCc3ccccc3)ccc2[nH]1. The van der Waals surface area contributed by atoms with Crippen molar-refractivity contribution in [3.63, 3.8) is 0 Å². The number of aryl methyl sites for hydroxylation is 2. The molecule has 1 heterocycles. The fourth-order valence-corrected chi connectivity index (χ4v) is 3.87. The largest absolute Gasteiger partial charge is 0.359 e. The maximum absolute atomic E-state index is 12.1. The molecule has 1 aromatic heterocycles. The number of aromatic amines is 1. The summed E-state index contributed by atoms with van der Waals surface area (Å²) in [4.78, 5) is 3.26. The summed E-state index contributed by atoms with van der Waals surface area (Å²) in [6.45, 7) is 2.34. The zero-order valence-corrected chi connectivity index (χ0v) is 14.6. The zero-order valence-electron chi connectivity index (χ0n) is 13.7. The molecule has 0 aliphatic heterocycles. The molecule has 0 saturated heterocycles. The Balaban J connectivity index is 1.53. The quantitative estimate of drug-likeness (QED) is 0.690. The molecule has 0 saturated carbocycles. The summed E-state index contributed by atoms with van der Waals surface area (Å²) in [5.74, 6) is 0.146. The standard InChI is InChI=1S/C19H22N2O2S/c1-15-12-18-13-17(9-10-19(18)21-15)14-20-24(22,23)11-5-8-16-6-3-2-4-7-16/h2-4,6-7,9-10,12-13,20-21H,5,8,11,14H2,1H3. The molecule has 0 unspecified atom stereocenters. The molecule has 0 aliphatic rings. The van der Waals surface area contributed by atoms with Crippen LogP contribution in [0.3, 0.4) is 0 Å². The third-order valence-corrected chi connectivity index (χ3v) is 5.45. The molecule has 5 heteroatoms. The summed E-state index contributed by atoms with van der Waals surface area (Å²) in [5.41, 5.74) is 4.31. The Kier molecular flexibility index (Phi) is 5.02. The Bertz CT molecular complexity index is 915. The van der Waals surface area contributed by atoms with Crippen LogP contribution < -0.4 is 4.72 Å². The van der Waals surface area contributed by atoms with E-state index >= 15 is 0 Å². The van der Waals surface area contributed by atoms with Gasteiger partial charge in [0.15, 0.2) is 0 Å². The van der Waals surface area contributed by atoms with Crippen molar-refractivity contribution in [2.24, 2.45) is 0 Å². The van der Waals surface area contributed by atoms with E-state index in [4.69, 9.17) is 0 Å². The van der Waals surface area contributed by atoms with Gasteiger partial charge < -0.3 is 4.98 Å². The van der Waals surface area contributed by atoms with E-state index in [0.29, 0.717) is 13.0 Å². The van der Waals surface area contributed by atoms with E-state index in [1.165, 1.54) is 5.56 Å². The Morgan fingerprint density at radius 3 is 2.58 bits per heavy atom. The summed E-state index contributed by atoms with van der Waals surface area (Å²) < 4.78 is 27.0. The molecule has 3 rings (SSSR count). The van der Waals surface area contributed by atoms with Crippen LogP contribution in [0.15, 0.2) is 54.6 Å². The molecule has 2 N–H and O–H groups in total. The highest BCUT2D eigenvalue weighted by Crippen LogP contribution is 2.17. The van der Waals surface area contributed by atoms with E-state index in [-0.39, 0.29) is 5.75 Å². The van der Waals surface area contributed by atoms with E-state index in [1.54, 1.807) is 0 Å². The predicted molar refractivity (Wildman–Crippen MR) is 98.4 cm³/mol. The van der Waals surface area contributed by atoms with Gasteiger partial charge in [-0.15, -0.1) is 0 Å². The maximum atomic E-state index is 12.1. The van der Waals surface area contributed by atoms with E-state index in [0.717, 1.165) is 28.6 Å². The highest BCUT2D eigenvalue weighted by Gasteiger charge is 2.10. The van der Waals surface area contributed by atoms with Crippen LogP contribution >= 0.6 is 0 Å². The van der Waals surface area contributed by atoms with Crippen LogP contribution in [0.25, 0.3) is 10.9 Å². The number of fused-ring (bicyclic) bond motifs is 1. The number of benzene rings is 2. The molecule has 0 atom stereocenters. The second kappa shape index (κ2) is 7.20. The molecular formula is C19H22N2O2S. The van der Waals surface area contributed by atoms with Crippen LogP contribution in [0, 0.1) is 6.92 Å². The second-order valence-corrected chi connectivity index (χ2v) is 8.03. The van der Waals surface area contributed by atoms with Gasteiger partial charge in [-0.2, -0.15) is 0 Å². The van der Waals surface area contributed by atoms with Gasteiger partial charge in [0.25, 0.3) is 0 Å². The molecule has 126 valence electrons. The lowest BCUT2D eigenvalue weighted by Gasteiger charge is -2.07. The van der Waals surface area contributed by atoms with E-state index in [9.17, 15) is 8.42 Å². The number of aromatic nitrogens is 1. The Morgan fingerprint density at radius 1 is 1.00 bits per heavy atom. The number of nitrogens with one attached hydrogen (secondary N) is 2. The monoisotopic (exact) mass is 342 g/mol. The third-order valence-electron chi connectivity index (χ3n) is 4.04. The maximum Gasteiger partial charge on any atom is 0.211 e. The highest BCUT2D eigenvalue weighted by atomic mass is 32.2. The number of hydrogen-bond donors (Lipinski definition) is 2. The van der Waals surface area contributed by atoms with Crippen molar-refractivity contribution >= 4 is 20.9 Å². The van der Waals surface area contributed by atoms with E-state index in [2.05, 4.69) is 15.8 Å². The van der Waals surface area contributed by atoms with Crippen LogP contribution in [0.1, 0.15) is 23.2 Å². The topological polar surface area (TPSA) is 62.0 Å². The Hall–Kier alpha value is -2.11. The highest BCUT2D eigenvalue weighted by molar-refractivity contribution is 7.89. The average molecular weight is 342 g/mol. The molecule has 2 aromatic carbocycles. The zero-order chi connectivity index (χ0) is 17.0. The van der Waals surface area contributed by atoms with Gasteiger partial charge in [-0.3, -0.25) is 0 Å². The minimum Gasteiger partial charge on any atom is -0.359 e. The first kappa shape index (κ1) is 16.7. The average Bonchev–Trinajstić information content (AvgIpc) is 2.93. The van der Waals surface area contributed by atoms with Crippen LogP contribution in [-0.4, -0.2) is 19.2 Å². The molecule has 0 radical (unpaired) electrons. The molecule has 3 aromatic rings. The van der Waals surface area contributed by atoms with Crippen molar-refractivity contribution in [3.05, 3.63) is 71.4 Å². The fraction of sp³-hybridized carbons (Fsp3) is 0.263. The van der Waals surface area contributed by atoms with Crippen LogP contribution in [-0.2, 0) is 23.0 Å². The molecule has 4 nitrogen and oxygen atoms in total. The van der Waals surface area contributed by atoms with Crippen molar-refractivity contribution in [2.45, 2.75) is 26.3 Å². The van der Waals surface area contributed by atoms with Gasteiger partial charge in [0.2, 0.25) is 10.0 Å². The minimum atomic E-state index is -3.26. The predicted octanol–water partition coefficient (Wildman–Crippen LogP) is 3.53. The van der Waals surface area contributed by atoms with E-state index < -0.39 is 10.0 Å². The van der Waals surface area contributed by atoms with Gasteiger partial charge in [0.1, 0.15) is 0 Å². The summed E-state index contributed by atoms with van der Waals surface area (Å²) in [7, 11) is -3.26. The van der Waals surface area contributed by atoms with Crippen LogP contribution in [0.4, 0.5) is 0 Å². The Labute approximate surface area is 143 Å². The van der Waals surface area contributed by atoms with Crippen molar-refractivity contribution in [1.29, 1.82) is 0 Å². The third kappa shape index (κ3) is 4.46. The Morgan fingerprint density at radius 2 is 1.79 bits per heavy atom. The molecule has 0 amide bonds. The van der Waals surface area contributed by atoms with Gasteiger partial charge in [0, 0.05) is 17.8 Å². The molecule has 0 fully saturated rings. The normalized spacial score (nSPS) is 11.9. The van der Waals surface area contributed by atoms with Gasteiger partial charge in [-0.1, -0.05) is 36.4 Å². The lowest BCUT2D eigenvalue weighted by molar-refractivity contribution is 0.578. The summed E-state index contributed by atoms with van der Waals surface area (Å²) in [5, 5.41) is 1.10. The van der Waals surface area contributed by atoms with Gasteiger partial charge >= 0.3 is 0 Å². The van der Waals surface area contributed by atoms with Gasteiger partial charge in [-0.25, -0.2) is 13.1 Å². The molecular weight excluding hydrogens is 320 g/mol. The molecule has 0 aliphatic carbocycles. The fourth-order valence-electron chi connectivity index (χ4n) is 2.81. The first-order valence-corrected chi connectivity index (χ1v) is 9.77. The lowest BCUT2D eigenvalue weighted by Crippen LogP contribution is -2.26. The summed E-state index contributed by atoms with van der Waals surface area (Å²) in [6.07, 6.45) is 1.39. The van der Waals surface area contributed by atoms with E-state index in [1.807, 2.05) is 55.5 Å². The number of rotatable bonds is 7. The summed E-state index contributed by atoms with van der Waals surface area (Å²) >= 11 is 0. The van der Waals surface area contributed by atoms with Crippen LogP contribution in [0.2, 0.25) is 0 Å². The number of H-pyrrole nitrogens is 1. The van der Waals surface area contributed by atoms with Gasteiger partial charge in [-0.05, 0) is 54.5 Å². The van der Waals surface area contributed by atoms with Crippen molar-refractivity contribution in [3.8, 4) is 0 Å². The van der Waals surface area contributed by atoms with Crippen LogP contribution in [0.5, 0.6) is 0 Å². The van der Waals surface area contributed by atoms with Crippen molar-refractivity contribution in [2.75, 3.05) is 5.75 Å². The lowest BCUT2D eigenvalue weighted by atomic mass is 10.1.